The molecule has 7 nitrogen and oxygen atoms in total. The van der Waals surface area contributed by atoms with Crippen molar-refractivity contribution >= 4 is 11.9 Å². The Morgan fingerprint density at radius 2 is 2.00 bits per heavy atom. The number of carboxylic acids is 1. The fourth-order valence-corrected chi connectivity index (χ4v) is 1.98. The Bertz CT molecular complexity index is 309. The van der Waals surface area contributed by atoms with Gasteiger partial charge < -0.3 is 24.2 Å². The second-order valence-corrected chi connectivity index (χ2v) is 4.24. The smallest absolute Gasteiger partial charge is 0.326 e. The van der Waals surface area contributed by atoms with Crippen molar-refractivity contribution in [3.63, 3.8) is 0 Å². The van der Waals surface area contributed by atoms with Crippen LogP contribution in [0, 0.1) is 0 Å². The summed E-state index contributed by atoms with van der Waals surface area (Å²) in [6.07, 6.45) is 0.0877. The first kappa shape index (κ1) is 15.9. The molecule has 1 N–H and O–H groups in total. The predicted octanol–water partition coefficient (Wildman–Crippen LogP) is -0.260. The number of hydrogen-bond donors (Lipinski definition) is 1. The van der Waals surface area contributed by atoms with Gasteiger partial charge in [0.05, 0.1) is 19.3 Å². The van der Waals surface area contributed by atoms with E-state index in [1.165, 1.54) is 12.0 Å². The van der Waals surface area contributed by atoms with Crippen molar-refractivity contribution in [3.05, 3.63) is 0 Å². The van der Waals surface area contributed by atoms with Crippen LogP contribution in [-0.4, -0.2) is 74.1 Å². The maximum atomic E-state index is 11.9. The average molecular weight is 275 g/mol. The minimum absolute atomic E-state index is 0.132. The zero-order chi connectivity index (χ0) is 14.3. The fourth-order valence-electron chi connectivity index (χ4n) is 1.98. The highest BCUT2D eigenvalue weighted by Crippen LogP contribution is 2.20. The quantitative estimate of drug-likeness (QED) is 0.614. The molecule has 2 unspecified atom stereocenters. The lowest BCUT2D eigenvalue weighted by Gasteiger charge is -2.21. The Morgan fingerprint density at radius 3 is 2.58 bits per heavy atom. The van der Waals surface area contributed by atoms with E-state index in [9.17, 15) is 9.59 Å². The molecule has 7 heteroatoms. The molecule has 0 radical (unpaired) electrons. The van der Waals surface area contributed by atoms with Crippen molar-refractivity contribution in [2.75, 3.05) is 40.1 Å². The summed E-state index contributed by atoms with van der Waals surface area (Å²) in [5.74, 6) is -1.34. The third-order valence-corrected chi connectivity index (χ3v) is 3.00. The molecular formula is C12H21NO6. The number of carbonyl (C=O) groups excluding carboxylic acids is 1. The van der Waals surface area contributed by atoms with Crippen LogP contribution in [0.25, 0.3) is 0 Å². The third-order valence-electron chi connectivity index (χ3n) is 3.00. The van der Waals surface area contributed by atoms with Gasteiger partial charge in [-0.25, -0.2) is 4.79 Å². The van der Waals surface area contributed by atoms with Crippen molar-refractivity contribution in [2.45, 2.75) is 25.5 Å². The lowest BCUT2D eigenvalue weighted by atomic mass is 10.2. The molecule has 1 heterocycles. The van der Waals surface area contributed by atoms with Crippen molar-refractivity contribution in [2.24, 2.45) is 0 Å². The Kier molecular flexibility index (Phi) is 6.75. The van der Waals surface area contributed by atoms with Crippen LogP contribution >= 0.6 is 0 Å². The Hall–Kier alpha value is -1.18. The molecule has 0 saturated carbocycles. The van der Waals surface area contributed by atoms with Gasteiger partial charge >= 0.3 is 5.97 Å². The van der Waals surface area contributed by atoms with Crippen LogP contribution in [0.15, 0.2) is 0 Å². The number of ether oxygens (including phenoxy) is 3. The Labute approximate surface area is 112 Å². The van der Waals surface area contributed by atoms with E-state index >= 15 is 0 Å². The Balaban J connectivity index is 2.39. The molecule has 1 rings (SSSR count). The van der Waals surface area contributed by atoms with E-state index in [1.807, 2.05) is 6.92 Å². The molecule has 0 aliphatic carbocycles. The van der Waals surface area contributed by atoms with E-state index in [1.54, 1.807) is 0 Å². The number of carboxylic acid groups (broad SMARTS) is 1. The van der Waals surface area contributed by atoms with E-state index in [0.717, 1.165) is 0 Å². The number of nitrogens with zero attached hydrogens (tertiary/aromatic N) is 1. The summed E-state index contributed by atoms with van der Waals surface area (Å²) in [6, 6.07) is -0.826. The number of aliphatic carboxylic acids is 1. The van der Waals surface area contributed by atoms with Crippen molar-refractivity contribution in [1.82, 2.24) is 4.90 Å². The maximum Gasteiger partial charge on any atom is 0.326 e. The van der Waals surface area contributed by atoms with Gasteiger partial charge in [0, 0.05) is 26.7 Å². The largest absolute Gasteiger partial charge is 0.480 e. The van der Waals surface area contributed by atoms with Gasteiger partial charge in [-0.2, -0.15) is 0 Å². The molecule has 0 aromatic carbocycles. The third kappa shape index (κ3) is 4.77. The lowest BCUT2D eigenvalue weighted by Crippen LogP contribution is -2.42. The molecule has 1 aliphatic rings. The standard InChI is InChI=1S/C12H21NO6/c1-3-18-4-5-19-8-11(14)13-7-9(17-2)6-10(13)12(15)16/h9-10H,3-8H2,1-2H3,(H,15,16). The average Bonchev–Trinajstić information content (AvgIpc) is 2.82. The van der Waals surface area contributed by atoms with Crippen molar-refractivity contribution in [3.8, 4) is 0 Å². The zero-order valence-electron chi connectivity index (χ0n) is 11.3. The van der Waals surface area contributed by atoms with Crippen LogP contribution in [-0.2, 0) is 23.8 Å². The molecule has 0 aromatic rings. The van der Waals surface area contributed by atoms with Gasteiger partial charge in [0.1, 0.15) is 12.6 Å². The van der Waals surface area contributed by atoms with E-state index in [-0.39, 0.29) is 18.6 Å². The minimum Gasteiger partial charge on any atom is -0.480 e. The molecule has 0 bridgehead atoms. The first-order valence-electron chi connectivity index (χ1n) is 6.30. The van der Waals surface area contributed by atoms with Gasteiger partial charge in [-0.1, -0.05) is 0 Å². The number of carbonyl (C=O) groups is 2. The molecular weight excluding hydrogens is 254 g/mol. The maximum absolute atomic E-state index is 11.9. The topological polar surface area (TPSA) is 85.3 Å². The molecule has 1 saturated heterocycles. The van der Waals surface area contributed by atoms with Gasteiger partial charge in [-0.3, -0.25) is 4.79 Å². The molecule has 1 fully saturated rings. The molecule has 1 amide bonds. The second kappa shape index (κ2) is 8.08. The summed E-state index contributed by atoms with van der Waals surface area (Å²) in [6.45, 7) is 3.37. The fraction of sp³-hybridized carbons (Fsp3) is 0.833. The number of hydrogen-bond acceptors (Lipinski definition) is 5. The Morgan fingerprint density at radius 1 is 1.32 bits per heavy atom. The molecule has 110 valence electrons. The summed E-state index contributed by atoms with van der Waals surface area (Å²) in [7, 11) is 1.51. The number of rotatable bonds is 8. The van der Waals surface area contributed by atoms with E-state index in [4.69, 9.17) is 19.3 Å². The molecule has 2 atom stereocenters. The minimum atomic E-state index is -1.01. The van der Waals surface area contributed by atoms with Gasteiger partial charge in [0.25, 0.3) is 0 Å². The van der Waals surface area contributed by atoms with E-state index in [0.29, 0.717) is 32.8 Å². The van der Waals surface area contributed by atoms with Crippen molar-refractivity contribution < 1.29 is 28.9 Å². The zero-order valence-corrected chi connectivity index (χ0v) is 11.3. The molecule has 19 heavy (non-hydrogen) atoms. The SMILES string of the molecule is CCOCCOCC(=O)N1CC(OC)CC1C(=O)O. The normalized spacial score (nSPS) is 22.7. The number of amides is 1. The second-order valence-electron chi connectivity index (χ2n) is 4.24. The van der Waals surface area contributed by atoms with Crippen LogP contribution < -0.4 is 0 Å². The van der Waals surface area contributed by atoms with E-state index < -0.39 is 12.0 Å². The number of likely N-dealkylation sites (tertiary alicyclic amines) is 1. The molecule has 1 aliphatic heterocycles. The highest BCUT2D eigenvalue weighted by Gasteiger charge is 2.39. The summed E-state index contributed by atoms with van der Waals surface area (Å²) in [5, 5.41) is 9.08. The molecule has 0 aromatic heterocycles. The number of methoxy groups -OCH3 is 1. The van der Waals surface area contributed by atoms with Gasteiger partial charge in [-0.05, 0) is 6.92 Å². The first-order valence-corrected chi connectivity index (χ1v) is 6.30. The molecule has 0 spiro atoms. The summed E-state index contributed by atoms with van der Waals surface area (Å²) < 4.78 is 15.3. The van der Waals surface area contributed by atoms with Crippen LogP contribution in [0.5, 0.6) is 0 Å². The van der Waals surface area contributed by atoms with Gasteiger partial charge in [0.15, 0.2) is 0 Å². The van der Waals surface area contributed by atoms with E-state index in [2.05, 4.69) is 0 Å². The van der Waals surface area contributed by atoms with Crippen LogP contribution in [0.1, 0.15) is 13.3 Å². The highest BCUT2D eigenvalue weighted by molar-refractivity contribution is 5.85. The monoisotopic (exact) mass is 275 g/mol. The van der Waals surface area contributed by atoms with Crippen LogP contribution in [0.4, 0.5) is 0 Å². The predicted molar refractivity (Wildman–Crippen MR) is 65.9 cm³/mol. The first-order chi connectivity index (χ1) is 9.10. The summed E-state index contributed by atoms with van der Waals surface area (Å²) in [4.78, 5) is 24.3. The summed E-state index contributed by atoms with van der Waals surface area (Å²) >= 11 is 0. The van der Waals surface area contributed by atoms with Crippen molar-refractivity contribution in [1.29, 1.82) is 0 Å². The van der Waals surface area contributed by atoms with Crippen LogP contribution in [0.2, 0.25) is 0 Å². The lowest BCUT2D eigenvalue weighted by molar-refractivity contribution is -0.150. The highest BCUT2D eigenvalue weighted by atomic mass is 16.5. The van der Waals surface area contributed by atoms with Crippen LogP contribution in [0.3, 0.4) is 0 Å². The van der Waals surface area contributed by atoms with Gasteiger partial charge in [0.2, 0.25) is 5.91 Å². The summed E-state index contributed by atoms with van der Waals surface area (Å²) in [5.41, 5.74) is 0. The van der Waals surface area contributed by atoms with Gasteiger partial charge in [-0.15, -0.1) is 0 Å².